The minimum atomic E-state index is 0.358. The Balaban J connectivity index is 1.89. The van der Waals surface area contributed by atoms with Crippen LogP contribution in [0.25, 0.3) is 0 Å². The van der Waals surface area contributed by atoms with Crippen LogP contribution in [0.5, 0.6) is 0 Å². The molecule has 0 unspecified atom stereocenters. The van der Waals surface area contributed by atoms with Gasteiger partial charge in [-0.25, -0.2) is 4.68 Å². The van der Waals surface area contributed by atoms with E-state index in [0.717, 1.165) is 25.6 Å². The number of tetrazole rings is 1. The SMILES string of the molecule is Cn1nnnc1NCC1(C)CCNCC1. The highest BCUT2D eigenvalue weighted by atomic mass is 15.6. The van der Waals surface area contributed by atoms with Gasteiger partial charge in [0.15, 0.2) is 0 Å². The van der Waals surface area contributed by atoms with E-state index < -0.39 is 0 Å². The Bertz CT molecular complexity index is 314. The zero-order chi connectivity index (χ0) is 10.7. The van der Waals surface area contributed by atoms with Gasteiger partial charge in [0.25, 0.3) is 0 Å². The van der Waals surface area contributed by atoms with E-state index in [0.29, 0.717) is 5.41 Å². The molecule has 1 saturated heterocycles. The van der Waals surface area contributed by atoms with Gasteiger partial charge in [-0.2, -0.15) is 0 Å². The summed E-state index contributed by atoms with van der Waals surface area (Å²) in [6.45, 7) is 5.46. The summed E-state index contributed by atoms with van der Waals surface area (Å²) in [5, 5.41) is 18.0. The number of hydrogen-bond donors (Lipinski definition) is 2. The van der Waals surface area contributed by atoms with Gasteiger partial charge in [-0.15, -0.1) is 0 Å². The second kappa shape index (κ2) is 4.14. The molecule has 0 bridgehead atoms. The second-order valence-corrected chi connectivity index (χ2v) is 4.54. The fourth-order valence-electron chi connectivity index (χ4n) is 1.88. The maximum atomic E-state index is 3.91. The molecule has 15 heavy (non-hydrogen) atoms. The lowest BCUT2D eigenvalue weighted by molar-refractivity contribution is 0.246. The molecular weight excluding hydrogens is 192 g/mol. The standard InChI is InChI=1S/C9H18N6/c1-9(3-5-10-6-4-9)7-11-8-12-13-14-15(8)2/h10H,3-7H2,1-2H3,(H,11,12,14). The molecule has 0 aliphatic carbocycles. The molecule has 84 valence electrons. The second-order valence-electron chi connectivity index (χ2n) is 4.54. The van der Waals surface area contributed by atoms with Crippen molar-refractivity contribution in [1.29, 1.82) is 0 Å². The van der Waals surface area contributed by atoms with Crippen molar-refractivity contribution in [2.24, 2.45) is 12.5 Å². The van der Waals surface area contributed by atoms with Gasteiger partial charge in [0.2, 0.25) is 5.95 Å². The number of aromatic nitrogens is 4. The van der Waals surface area contributed by atoms with E-state index >= 15 is 0 Å². The first-order valence-corrected chi connectivity index (χ1v) is 5.37. The summed E-state index contributed by atoms with van der Waals surface area (Å²) in [6.07, 6.45) is 2.40. The third-order valence-electron chi connectivity index (χ3n) is 3.10. The van der Waals surface area contributed by atoms with E-state index in [2.05, 4.69) is 33.1 Å². The summed E-state index contributed by atoms with van der Waals surface area (Å²) in [7, 11) is 1.84. The number of anilines is 1. The van der Waals surface area contributed by atoms with Crippen LogP contribution < -0.4 is 10.6 Å². The topological polar surface area (TPSA) is 67.7 Å². The summed E-state index contributed by atoms with van der Waals surface area (Å²) in [5.41, 5.74) is 0.358. The fourth-order valence-corrected chi connectivity index (χ4v) is 1.88. The van der Waals surface area contributed by atoms with E-state index in [1.54, 1.807) is 4.68 Å². The van der Waals surface area contributed by atoms with Crippen LogP contribution in [0.15, 0.2) is 0 Å². The Labute approximate surface area is 89.4 Å². The lowest BCUT2D eigenvalue weighted by Crippen LogP contribution is -2.39. The minimum absolute atomic E-state index is 0.358. The Morgan fingerprint density at radius 1 is 1.47 bits per heavy atom. The Hall–Kier alpha value is -1.17. The third kappa shape index (κ3) is 2.44. The predicted octanol–water partition coefficient (Wildman–Crippen LogP) is 0.0117. The lowest BCUT2D eigenvalue weighted by atomic mass is 9.81. The molecule has 6 heteroatoms. The molecule has 0 spiro atoms. The Morgan fingerprint density at radius 3 is 2.80 bits per heavy atom. The van der Waals surface area contributed by atoms with Crippen LogP contribution in [0, 0.1) is 5.41 Å². The average Bonchev–Trinajstić information content (AvgIpc) is 2.62. The molecule has 1 aromatic heterocycles. The molecule has 0 saturated carbocycles. The summed E-state index contributed by atoms with van der Waals surface area (Å²) >= 11 is 0. The van der Waals surface area contributed by atoms with Crippen molar-refractivity contribution in [3.05, 3.63) is 0 Å². The third-order valence-corrected chi connectivity index (χ3v) is 3.10. The quantitative estimate of drug-likeness (QED) is 0.735. The fraction of sp³-hybridized carbons (Fsp3) is 0.889. The Kier molecular flexibility index (Phi) is 2.86. The van der Waals surface area contributed by atoms with E-state index in [9.17, 15) is 0 Å². The van der Waals surface area contributed by atoms with Crippen LogP contribution in [0.4, 0.5) is 5.95 Å². The van der Waals surface area contributed by atoms with E-state index in [4.69, 9.17) is 0 Å². The monoisotopic (exact) mass is 210 g/mol. The maximum absolute atomic E-state index is 3.91. The van der Waals surface area contributed by atoms with Gasteiger partial charge >= 0.3 is 0 Å². The highest BCUT2D eigenvalue weighted by Crippen LogP contribution is 2.27. The van der Waals surface area contributed by atoms with E-state index in [-0.39, 0.29) is 0 Å². The van der Waals surface area contributed by atoms with Crippen molar-refractivity contribution in [2.45, 2.75) is 19.8 Å². The van der Waals surface area contributed by atoms with E-state index in [1.807, 2.05) is 7.05 Å². The van der Waals surface area contributed by atoms with Crippen LogP contribution in [0.1, 0.15) is 19.8 Å². The number of nitrogens with zero attached hydrogens (tertiary/aromatic N) is 4. The molecule has 1 fully saturated rings. The minimum Gasteiger partial charge on any atom is -0.353 e. The molecular formula is C9H18N6. The molecule has 1 aromatic rings. The maximum Gasteiger partial charge on any atom is 0.242 e. The predicted molar refractivity (Wildman–Crippen MR) is 57.5 cm³/mol. The van der Waals surface area contributed by atoms with Crippen molar-refractivity contribution < 1.29 is 0 Å². The molecule has 1 aliphatic rings. The number of hydrogen-bond acceptors (Lipinski definition) is 5. The smallest absolute Gasteiger partial charge is 0.242 e. The highest BCUT2D eigenvalue weighted by molar-refractivity contribution is 5.21. The number of rotatable bonds is 3. The molecule has 6 nitrogen and oxygen atoms in total. The number of piperidine rings is 1. The zero-order valence-corrected chi connectivity index (χ0v) is 9.32. The van der Waals surface area contributed by atoms with Gasteiger partial charge in [-0.05, 0) is 41.8 Å². The van der Waals surface area contributed by atoms with Crippen LogP contribution in [0.3, 0.4) is 0 Å². The average molecular weight is 210 g/mol. The molecule has 0 amide bonds. The zero-order valence-electron chi connectivity index (χ0n) is 9.32. The summed E-state index contributed by atoms with van der Waals surface area (Å²) in [6, 6.07) is 0. The first kappa shape index (κ1) is 10.4. The van der Waals surface area contributed by atoms with Crippen molar-refractivity contribution in [3.8, 4) is 0 Å². The molecule has 1 aliphatic heterocycles. The van der Waals surface area contributed by atoms with Gasteiger partial charge in [-0.1, -0.05) is 12.0 Å². The molecule has 2 rings (SSSR count). The first-order chi connectivity index (χ1) is 7.20. The molecule has 0 atom stereocenters. The molecule has 2 heterocycles. The van der Waals surface area contributed by atoms with E-state index in [1.165, 1.54) is 12.8 Å². The molecule has 2 N–H and O–H groups in total. The number of nitrogens with one attached hydrogen (secondary N) is 2. The van der Waals surface area contributed by atoms with Gasteiger partial charge in [-0.3, -0.25) is 0 Å². The van der Waals surface area contributed by atoms with Gasteiger partial charge < -0.3 is 10.6 Å². The van der Waals surface area contributed by atoms with Gasteiger partial charge in [0.1, 0.15) is 0 Å². The molecule has 0 radical (unpaired) electrons. The van der Waals surface area contributed by atoms with Crippen molar-refractivity contribution >= 4 is 5.95 Å². The van der Waals surface area contributed by atoms with Gasteiger partial charge in [0, 0.05) is 13.6 Å². The van der Waals surface area contributed by atoms with Crippen LogP contribution in [-0.2, 0) is 7.05 Å². The van der Waals surface area contributed by atoms with Crippen molar-refractivity contribution in [3.63, 3.8) is 0 Å². The Morgan fingerprint density at radius 2 is 2.20 bits per heavy atom. The number of aryl methyl sites for hydroxylation is 1. The highest BCUT2D eigenvalue weighted by Gasteiger charge is 2.26. The molecule has 0 aromatic carbocycles. The normalized spacial score (nSPS) is 20.1. The summed E-state index contributed by atoms with van der Waals surface area (Å²) in [5.74, 6) is 0.745. The largest absolute Gasteiger partial charge is 0.353 e. The lowest BCUT2D eigenvalue weighted by Gasteiger charge is -2.34. The van der Waals surface area contributed by atoms with Crippen molar-refractivity contribution in [2.75, 3.05) is 25.0 Å². The summed E-state index contributed by atoms with van der Waals surface area (Å²) < 4.78 is 1.66. The first-order valence-electron chi connectivity index (χ1n) is 5.37. The van der Waals surface area contributed by atoms with Gasteiger partial charge in [0.05, 0.1) is 0 Å². The van der Waals surface area contributed by atoms with Crippen molar-refractivity contribution in [1.82, 2.24) is 25.5 Å². The van der Waals surface area contributed by atoms with Crippen LogP contribution in [0.2, 0.25) is 0 Å². The van der Waals surface area contributed by atoms with Crippen LogP contribution >= 0.6 is 0 Å². The van der Waals surface area contributed by atoms with Crippen LogP contribution in [-0.4, -0.2) is 39.8 Å². The summed E-state index contributed by atoms with van der Waals surface area (Å²) in [4.78, 5) is 0.